The Balaban J connectivity index is 0.00000144. The molecule has 0 radical (unpaired) electrons. The Hall–Kier alpha value is -0.650. The van der Waals surface area contributed by atoms with Crippen molar-refractivity contribution in [1.29, 1.82) is 0 Å². The van der Waals surface area contributed by atoms with Gasteiger partial charge in [-0.1, -0.05) is 12.2 Å². The van der Waals surface area contributed by atoms with Crippen molar-refractivity contribution in [3.05, 3.63) is 47.2 Å². The minimum atomic E-state index is -4.45. The number of hydrogen-bond acceptors (Lipinski definition) is 2. The van der Waals surface area contributed by atoms with Gasteiger partial charge in [-0.05, 0) is 40.0 Å². The quantitative estimate of drug-likeness (QED) is 0.592. The van der Waals surface area contributed by atoms with E-state index in [2.05, 4.69) is 15.3 Å². The Kier molecular flexibility index (Phi) is 4.91. The van der Waals surface area contributed by atoms with Crippen LogP contribution in [0.25, 0.3) is 0 Å². The maximum atomic E-state index is 10.6. The Bertz CT molecular complexity index is 466. The predicted octanol–water partition coefficient (Wildman–Crippen LogP) is 2.67. The van der Waals surface area contributed by atoms with E-state index in [-0.39, 0.29) is 19.2 Å². The van der Waals surface area contributed by atoms with E-state index in [9.17, 15) is 4.57 Å². The van der Waals surface area contributed by atoms with Crippen LogP contribution in [0, 0.1) is 0 Å². The molecule has 0 unspecified atom stereocenters. The molecule has 1 aromatic rings. The van der Waals surface area contributed by atoms with Gasteiger partial charge in [0.25, 0.3) is 0 Å². The van der Waals surface area contributed by atoms with Crippen LogP contribution in [0.1, 0.15) is 0 Å². The molecule has 0 amide bonds. The summed E-state index contributed by atoms with van der Waals surface area (Å²) in [6, 6.07) is 6.76. The van der Waals surface area contributed by atoms with Gasteiger partial charge in [0.2, 0.25) is 0 Å². The van der Waals surface area contributed by atoms with E-state index in [1.165, 1.54) is 0 Å². The van der Waals surface area contributed by atoms with Crippen LogP contribution in [0.5, 0.6) is 5.75 Å². The summed E-state index contributed by atoms with van der Waals surface area (Å²) in [5.74, 6) is 0.180. The summed E-state index contributed by atoms with van der Waals surface area (Å²) in [5.41, 5.74) is 0. The van der Waals surface area contributed by atoms with Crippen LogP contribution >= 0.6 is 32.2 Å². The lowest BCUT2D eigenvalue weighted by molar-refractivity contribution is 0.283. The van der Waals surface area contributed by atoms with Crippen molar-refractivity contribution < 1.29 is 18.9 Å². The topological polar surface area (TPSA) is 66.8 Å². The number of thiol groups is 1. The first-order valence-corrected chi connectivity index (χ1v) is 7.54. The molecule has 0 aliphatic carbocycles. The molecule has 17 heavy (non-hydrogen) atoms. The molecule has 2 rings (SSSR count). The van der Waals surface area contributed by atoms with Crippen molar-refractivity contribution in [2.24, 2.45) is 0 Å². The second-order valence-electron chi connectivity index (χ2n) is 3.17. The van der Waals surface area contributed by atoms with Crippen molar-refractivity contribution >= 4 is 32.2 Å². The Morgan fingerprint density at radius 1 is 1.06 bits per heavy atom. The van der Waals surface area contributed by atoms with Crippen LogP contribution in [0.2, 0.25) is 0 Å². The summed E-state index contributed by atoms with van der Waals surface area (Å²) in [7, 11) is -4.85. The molecule has 0 atom stereocenters. The first-order chi connectivity index (χ1) is 7.54. The molecule has 0 fully saturated rings. The monoisotopic (exact) mass is 292 g/mol. The van der Waals surface area contributed by atoms with Crippen molar-refractivity contribution in [2.75, 3.05) is 0 Å². The molecule has 2 N–H and O–H groups in total. The molecule has 0 saturated carbocycles. The van der Waals surface area contributed by atoms with Crippen LogP contribution in [-0.2, 0) is 4.57 Å². The largest absolute Gasteiger partial charge is 0.524 e. The van der Waals surface area contributed by atoms with Crippen molar-refractivity contribution in [3.8, 4) is 5.75 Å². The zero-order valence-corrected chi connectivity index (χ0v) is 11.5. The third-order valence-corrected chi connectivity index (χ3v) is 4.29. The molecule has 0 aromatic heterocycles. The van der Waals surface area contributed by atoms with Gasteiger partial charge in [-0.15, -0.1) is 0 Å². The van der Waals surface area contributed by atoms with E-state index >= 15 is 0 Å². The normalized spacial score (nSPS) is 15.8. The highest BCUT2D eigenvalue weighted by atomic mass is 32.2. The van der Waals surface area contributed by atoms with Gasteiger partial charge >= 0.3 is 7.82 Å². The summed E-state index contributed by atoms with van der Waals surface area (Å²) < 4.78 is 15.1. The zero-order valence-electron chi connectivity index (χ0n) is 8.72. The van der Waals surface area contributed by atoms with Crippen molar-refractivity contribution in [3.63, 3.8) is 0 Å². The van der Waals surface area contributed by atoms with E-state index in [4.69, 9.17) is 9.79 Å². The fraction of sp³-hybridized carbons (Fsp3) is 0. The molecule has 0 saturated heterocycles. The molecule has 1 aliphatic heterocycles. The lowest BCUT2D eigenvalue weighted by Gasteiger charge is -2.11. The number of benzene rings is 1. The minimum absolute atomic E-state index is 0. The number of phosphoric ester groups is 1. The van der Waals surface area contributed by atoms with Crippen molar-refractivity contribution in [1.82, 2.24) is 0 Å². The smallest absolute Gasteiger partial charge is 0.404 e. The van der Waals surface area contributed by atoms with Gasteiger partial charge in [0, 0.05) is 0 Å². The molecule has 1 aliphatic rings. The first kappa shape index (κ1) is 14.4. The van der Waals surface area contributed by atoms with Crippen LogP contribution in [-0.4, -0.2) is 9.79 Å². The lowest BCUT2D eigenvalue weighted by atomic mass is 10.3. The summed E-state index contributed by atoms with van der Waals surface area (Å²) in [5, 5.41) is 4.21. The second kappa shape index (κ2) is 5.80. The van der Waals surface area contributed by atoms with E-state index in [1.54, 1.807) is 12.1 Å². The maximum Gasteiger partial charge on any atom is 0.524 e. The maximum absolute atomic E-state index is 10.6. The third kappa shape index (κ3) is 4.26. The van der Waals surface area contributed by atoms with E-state index < -0.39 is 18.7 Å². The fourth-order valence-electron chi connectivity index (χ4n) is 1.32. The number of hydrogen-bond donors (Lipinski definition) is 3. The minimum Gasteiger partial charge on any atom is -0.404 e. The van der Waals surface area contributed by atoms with Crippen LogP contribution in [0.15, 0.2) is 52.1 Å². The molecular formula is C10H13O4PS2. The number of allylic oxidation sites excluding steroid dienone is 2. The molecule has 4 nitrogen and oxygen atoms in total. The van der Waals surface area contributed by atoms with Gasteiger partial charge in [0.1, 0.15) is 5.75 Å². The third-order valence-electron chi connectivity index (χ3n) is 1.96. The first-order valence-electron chi connectivity index (χ1n) is 4.53. The van der Waals surface area contributed by atoms with E-state index in [0.717, 1.165) is 4.90 Å². The fourth-order valence-corrected chi connectivity index (χ4v) is 3.23. The zero-order chi connectivity index (χ0) is 11.6. The van der Waals surface area contributed by atoms with E-state index in [1.807, 2.05) is 24.3 Å². The summed E-state index contributed by atoms with van der Waals surface area (Å²) in [6.45, 7) is 0. The summed E-state index contributed by atoms with van der Waals surface area (Å²) in [6.07, 6.45) is 3.98. The SMILES string of the molecule is O=P(O)(O)Oc1ccc([SH]2C=CC=C2)cc1.S. The Labute approximate surface area is 109 Å². The highest BCUT2D eigenvalue weighted by Crippen LogP contribution is 2.43. The van der Waals surface area contributed by atoms with Crippen LogP contribution in [0.3, 0.4) is 0 Å². The standard InChI is InChI=1S/C10H11O4PS.H2S/c11-15(12,13)14-9-3-5-10(6-4-9)16-7-1-2-8-16;/h1-8,16H,(H2,11,12,13);1H2. The molecule has 0 spiro atoms. The molecule has 0 bridgehead atoms. The van der Waals surface area contributed by atoms with Gasteiger partial charge in [-0.2, -0.15) is 24.4 Å². The predicted molar refractivity (Wildman–Crippen MR) is 75.0 cm³/mol. The van der Waals surface area contributed by atoms with Crippen LogP contribution < -0.4 is 4.52 Å². The molecule has 1 heterocycles. The van der Waals surface area contributed by atoms with Gasteiger partial charge in [-0.25, -0.2) is 4.57 Å². The van der Waals surface area contributed by atoms with E-state index in [0.29, 0.717) is 0 Å². The van der Waals surface area contributed by atoms with Crippen molar-refractivity contribution in [2.45, 2.75) is 4.90 Å². The Morgan fingerprint density at radius 3 is 2.06 bits per heavy atom. The van der Waals surface area contributed by atoms with Gasteiger partial charge in [0.05, 0.1) is 0 Å². The highest BCUT2D eigenvalue weighted by molar-refractivity contribution is 8.22. The summed E-state index contributed by atoms with van der Waals surface area (Å²) >= 11 is 0. The Morgan fingerprint density at radius 2 is 1.59 bits per heavy atom. The lowest BCUT2D eigenvalue weighted by Crippen LogP contribution is -1.89. The number of rotatable bonds is 3. The molecule has 7 heteroatoms. The van der Waals surface area contributed by atoms with Gasteiger partial charge in [0.15, 0.2) is 0 Å². The molecule has 94 valence electrons. The second-order valence-corrected chi connectivity index (χ2v) is 6.26. The average Bonchev–Trinajstić information content (AvgIpc) is 2.69. The molecular weight excluding hydrogens is 279 g/mol. The van der Waals surface area contributed by atoms with Gasteiger partial charge < -0.3 is 4.52 Å². The summed E-state index contributed by atoms with van der Waals surface area (Å²) in [4.78, 5) is 18.4. The van der Waals surface area contributed by atoms with Gasteiger partial charge in [-0.3, -0.25) is 9.79 Å². The highest BCUT2D eigenvalue weighted by Gasteiger charge is 2.15. The number of phosphoric acid groups is 1. The molecule has 1 aromatic carbocycles. The van der Waals surface area contributed by atoms with Crippen LogP contribution in [0.4, 0.5) is 0 Å². The average molecular weight is 292 g/mol.